The molecule has 3 N–H and O–H groups in total. The molecule has 7 rings (SSSR count). The van der Waals surface area contributed by atoms with Crippen LogP contribution in [0, 0.1) is 12.7 Å². The van der Waals surface area contributed by atoms with Crippen LogP contribution in [-0.2, 0) is 10.2 Å². The highest BCUT2D eigenvalue weighted by atomic mass is 19.1. The molecule has 4 aromatic rings. The number of halogens is 2. The number of aromatic nitrogens is 3. The third-order valence-electron chi connectivity index (χ3n) is 10.9. The number of rotatable bonds is 9. The molecule has 0 bridgehead atoms. The topological polar surface area (TPSA) is 98.6 Å². The number of aliphatic hydroxyl groups excluding tert-OH is 1. The predicted octanol–water partition coefficient (Wildman–Crippen LogP) is 6.67. The number of nitrogens with one attached hydrogen (secondary N) is 2. The molecular formula is C37H45F2N7O2. The zero-order valence-corrected chi connectivity index (χ0v) is 28.5. The van der Waals surface area contributed by atoms with Crippen molar-refractivity contribution in [3.05, 3.63) is 65.2 Å². The summed E-state index contributed by atoms with van der Waals surface area (Å²) in [7, 11) is 1.64. The molecule has 2 aromatic carbocycles. The Morgan fingerprint density at radius 3 is 2.60 bits per heavy atom. The first-order valence-corrected chi connectivity index (χ1v) is 17.1. The van der Waals surface area contributed by atoms with Crippen molar-refractivity contribution in [3.63, 3.8) is 0 Å². The molecule has 2 aromatic heterocycles. The highest BCUT2D eigenvalue weighted by molar-refractivity contribution is 6.08. The van der Waals surface area contributed by atoms with Crippen LogP contribution in [0.25, 0.3) is 22.3 Å². The Morgan fingerprint density at radius 1 is 1.15 bits per heavy atom. The minimum atomic E-state index is -0.959. The van der Waals surface area contributed by atoms with Gasteiger partial charge in [0.25, 0.3) is 0 Å². The van der Waals surface area contributed by atoms with E-state index in [-0.39, 0.29) is 23.7 Å². The number of carbonyl (C=O) groups is 1. The van der Waals surface area contributed by atoms with E-state index in [1.54, 1.807) is 26.4 Å². The van der Waals surface area contributed by atoms with Gasteiger partial charge in [-0.05, 0) is 95.8 Å². The van der Waals surface area contributed by atoms with E-state index in [1.165, 1.54) is 6.07 Å². The Balaban J connectivity index is 1.28. The Kier molecular flexibility index (Phi) is 8.28. The van der Waals surface area contributed by atoms with Gasteiger partial charge in [0.2, 0.25) is 5.91 Å². The van der Waals surface area contributed by atoms with Crippen LogP contribution in [0.2, 0.25) is 0 Å². The van der Waals surface area contributed by atoms with Gasteiger partial charge in [-0.1, -0.05) is 19.1 Å². The van der Waals surface area contributed by atoms with Crippen molar-refractivity contribution in [2.24, 2.45) is 0 Å². The first kappa shape index (κ1) is 32.6. The van der Waals surface area contributed by atoms with Crippen molar-refractivity contribution in [2.75, 3.05) is 30.4 Å². The van der Waals surface area contributed by atoms with Crippen molar-refractivity contribution in [2.45, 2.75) is 96.2 Å². The molecule has 1 amide bonds. The fourth-order valence-corrected chi connectivity index (χ4v) is 7.64. The number of hydrogen-bond acceptors (Lipinski definition) is 7. The van der Waals surface area contributed by atoms with Gasteiger partial charge in [0, 0.05) is 48.0 Å². The summed E-state index contributed by atoms with van der Waals surface area (Å²) >= 11 is 0. The maximum absolute atomic E-state index is 15.4. The quantitative estimate of drug-likeness (QED) is 0.173. The molecule has 2 fully saturated rings. The number of imidazole rings is 1. The molecule has 48 heavy (non-hydrogen) atoms. The molecule has 1 saturated carbocycles. The van der Waals surface area contributed by atoms with Gasteiger partial charge in [0.1, 0.15) is 23.7 Å². The summed E-state index contributed by atoms with van der Waals surface area (Å²) in [6.07, 6.45) is 3.18. The minimum Gasteiger partial charge on any atom is -0.374 e. The molecule has 9 nitrogen and oxygen atoms in total. The number of aliphatic hydroxyl groups is 1. The summed E-state index contributed by atoms with van der Waals surface area (Å²) < 4.78 is 31.4. The molecule has 2 aliphatic heterocycles. The number of amides is 1. The van der Waals surface area contributed by atoms with Crippen LogP contribution < -0.4 is 15.5 Å². The van der Waals surface area contributed by atoms with Crippen molar-refractivity contribution in [3.8, 4) is 11.3 Å². The molecule has 3 atom stereocenters. The average molecular weight is 658 g/mol. The van der Waals surface area contributed by atoms with Crippen molar-refractivity contribution < 1.29 is 18.7 Å². The van der Waals surface area contributed by atoms with Crippen LogP contribution in [0.1, 0.15) is 82.3 Å². The third kappa shape index (κ3) is 5.36. The number of carbonyl (C=O) groups excluding carboxylic acids is 1. The largest absolute Gasteiger partial charge is 0.374 e. The standard InChI is InChI=1S/C37H45F2N7O2/c1-7-21(3)45-19-41-31-17-29(42-34(33(31)45)43-30-16-26(35(47)40-6)20(2)12-28(30)39)22-8-9-27-32(13-22)46(36(48)37(27,4)5)25-14-24(15-25)44-11-10-23(38)18-44/h8-9,12-13,16-17,19,21,23-25,35,40,47H,7,10-11,14-15,18H2,1-6H3,(H,42,43)/t21-,23+,24-,25+,35?/m0/s1. The molecule has 1 aliphatic carbocycles. The number of pyridine rings is 1. The molecule has 4 heterocycles. The number of nitrogens with zero attached hydrogens (tertiary/aromatic N) is 5. The van der Waals surface area contributed by atoms with Gasteiger partial charge < -0.3 is 19.9 Å². The number of benzene rings is 2. The van der Waals surface area contributed by atoms with E-state index in [0.717, 1.165) is 48.1 Å². The van der Waals surface area contributed by atoms with Crippen LogP contribution in [0.15, 0.2) is 42.7 Å². The molecule has 1 unspecified atom stereocenters. The second-order valence-electron chi connectivity index (χ2n) is 14.3. The molecule has 1 saturated heterocycles. The molecule has 11 heteroatoms. The fraction of sp³-hybridized carbons (Fsp3) is 0.486. The van der Waals surface area contributed by atoms with E-state index in [9.17, 15) is 14.3 Å². The molecular weight excluding hydrogens is 612 g/mol. The summed E-state index contributed by atoms with van der Waals surface area (Å²) in [6.45, 7) is 11.2. The Bertz CT molecular complexity index is 1890. The fourth-order valence-electron chi connectivity index (χ4n) is 7.64. The highest BCUT2D eigenvalue weighted by Gasteiger charge is 2.50. The summed E-state index contributed by atoms with van der Waals surface area (Å²) in [5, 5.41) is 16.6. The van der Waals surface area contributed by atoms with Crippen LogP contribution in [0.4, 0.5) is 26.0 Å². The van der Waals surface area contributed by atoms with Crippen LogP contribution in [0.3, 0.4) is 0 Å². The number of alkyl halides is 1. The van der Waals surface area contributed by atoms with Gasteiger partial charge in [0.05, 0.1) is 28.6 Å². The second-order valence-corrected chi connectivity index (χ2v) is 14.3. The van der Waals surface area contributed by atoms with E-state index >= 15 is 4.39 Å². The highest BCUT2D eigenvalue weighted by Crippen LogP contribution is 2.48. The van der Waals surface area contributed by atoms with Gasteiger partial charge >= 0.3 is 0 Å². The molecule has 0 spiro atoms. The first-order valence-electron chi connectivity index (χ1n) is 17.1. The molecule has 0 radical (unpaired) electrons. The number of likely N-dealkylation sites (tertiary alicyclic amines) is 1. The van der Waals surface area contributed by atoms with Gasteiger partial charge in [0.15, 0.2) is 5.82 Å². The minimum absolute atomic E-state index is 0.0579. The number of hydrogen-bond donors (Lipinski definition) is 3. The SMILES string of the molecule is CC[C@H](C)n1cnc2cc(-c3ccc4c(c3)N([C@H]3C[C@@H](N5CC[C@@H](F)C5)C3)C(=O)C4(C)C)nc(Nc3cc(C(O)NC)c(C)cc3F)c21. The Morgan fingerprint density at radius 2 is 1.92 bits per heavy atom. The molecule has 3 aliphatic rings. The normalized spacial score (nSPS) is 23.4. The summed E-state index contributed by atoms with van der Waals surface area (Å²) in [4.78, 5) is 27.9. The third-order valence-corrected chi connectivity index (χ3v) is 10.9. The maximum atomic E-state index is 15.4. The lowest BCUT2D eigenvalue weighted by Gasteiger charge is -2.45. The zero-order chi connectivity index (χ0) is 34.1. The van der Waals surface area contributed by atoms with E-state index in [2.05, 4.69) is 29.4 Å². The Labute approximate surface area is 280 Å². The van der Waals surface area contributed by atoms with Crippen molar-refractivity contribution >= 4 is 34.1 Å². The second kappa shape index (κ2) is 12.2. The lowest BCUT2D eigenvalue weighted by molar-refractivity contribution is -0.123. The van der Waals surface area contributed by atoms with Crippen LogP contribution >= 0.6 is 0 Å². The van der Waals surface area contributed by atoms with Gasteiger partial charge in [-0.3, -0.25) is 15.0 Å². The van der Waals surface area contributed by atoms with E-state index in [4.69, 9.17) is 9.97 Å². The van der Waals surface area contributed by atoms with Gasteiger partial charge in [-0.2, -0.15) is 0 Å². The summed E-state index contributed by atoms with van der Waals surface area (Å²) in [6, 6.07) is 11.5. The molecule has 254 valence electrons. The average Bonchev–Trinajstić information content (AvgIpc) is 3.72. The van der Waals surface area contributed by atoms with Gasteiger partial charge in [-0.15, -0.1) is 0 Å². The summed E-state index contributed by atoms with van der Waals surface area (Å²) in [5.41, 5.74) is 5.47. The smallest absolute Gasteiger partial charge is 0.237 e. The Hall–Kier alpha value is -3.93. The van der Waals surface area contributed by atoms with E-state index in [1.807, 2.05) is 47.6 Å². The number of anilines is 3. The van der Waals surface area contributed by atoms with E-state index in [0.29, 0.717) is 47.2 Å². The van der Waals surface area contributed by atoms with Crippen LogP contribution in [0.5, 0.6) is 0 Å². The predicted molar refractivity (Wildman–Crippen MR) is 185 cm³/mol. The summed E-state index contributed by atoms with van der Waals surface area (Å²) in [5.74, 6) is 0.0638. The van der Waals surface area contributed by atoms with Gasteiger partial charge in [-0.25, -0.2) is 18.7 Å². The monoisotopic (exact) mass is 657 g/mol. The number of aryl methyl sites for hydroxylation is 1. The number of fused-ring (bicyclic) bond motifs is 2. The van der Waals surface area contributed by atoms with Crippen molar-refractivity contribution in [1.82, 2.24) is 24.8 Å². The zero-order valence-electron chi connectivity index (χ0n) is 28.5. The lowest BCUT2D eigenvalue weighted by atomic mass is 9.83. The van der Waals surface area contributed by atoms with Crippen molar-refractivity contribution in [1.29, 1.82) is 0 Å². The first-order chi connectivity index (χ1) is 22.9. The van der Waals surface area contributed by atoms with Crippen LogP contribution in [-0.4, -0.2) is 68.8 Å². The van der Waals surface area contributed by atoms with E-state index < -0.39 is 23.6 Å². The maximum Gasteiger partial charge on any atom is 0.237 e. The lowest BCUT2D eigenvalue weighted by Crippen LogP contribution is -2.55.